The van der Waals surface area contributed by atoms with Crippen molar-refractivity contribution in [2.75, 3.05) is 33.2 Å². The average Bonchev–Trinajstić information content (AvgIpc) is 2.28. The molecule has 0 bridgehead atoms. The number of carbonyl (C=O) groups excluding carboxylic acids is 1. The molecule has 0 saturated carbocycles. The Hall–Kier alpha value is -0.610. The van der Waals surface area contributed by atoms with Crippen LogP contribution in [-0.4, -0.2) is 50.1 Å². The molecule has 114 valence electrons. The summed E-state index contributed by atoms with van der Waals surface area (Å²) in [5, 5.41) is 6.40. The quantitative estimate of drug-likeness (QED) is 0.629. The first-order chi connectivity index (χ1) is 8.73. The van der Waals surface area contributed by atoms with Crippen LogP contribution in [0.3, 0.4) is 0 Å². The zero-order valence-electron chi connectivity index (χ0n) is 13.7. The van der Waals surface area contributed by atoms with E-state index in [-0.39, 0.29) is 11.3 Å². The van der Waals surface area contributed by atoms with E-state index in [0.717, 1.165) is 32.6 Å². The summed E-state index contributed by atoms with van der Waals surface area (Å²) in [6, 6.07) is 0.568. The second kappa shape index (κ2) is 9.32. The molecule has 0 aliphatic rings. The van der Waals surface area contributed by atoms with E-state index in [1.54, 1.807) is 0 Å². The summed E-state index contributed by atoms with van der Waals surface area (Å²) in [4.78, 5) is 14.0. The number of amides is 1. The molecule has 0 aromatic heterocycles. The normalized spacial score (nSPS) is 12.2. The maximum Gasteiger partial charge on any atom is 0.225 e. The molecule has 0 spiro atoms. The number of nitrogens with one attached hydrogen (secondary N) is 2. The van der Waals surface area contributed by atoms with Gasteiger partial charge in [-0.05, 0) is 39.5 Å². The second-order valence-electron chi connectivity index (χ2n) is 6.63. The Morgan fingerprint density at radius 1 is 1.11 bits per heavy atom. The molecule has 0 aromatic rings. The Morgan fingerprint density at radius 2 is 1.63 bits per heavy atom. The van der Waals surface area contributed by atoms with Crippen LogP contribution < -0.4 is 10.6 Å². The highest BCUT2D eigenvalue weighted by Crippen LogP contribution is 2.12. The topological polar surface area (TPSA) is 44.4 Å². The van der Waals surface area contributed by atoms with Crippen molar-refractivity contribution in [1.29, 1.82) is 0 Å². The van der Waals surface area contributed by atoms with E-state index < -0.39 is 0 Å². The highest BCUT2D eigenvalue weighted by Gasteiger charge is 2.20. The molecule has 0 atom stereocenters. The fourth-order valence-electron chi connectivity index (χ4n) is 1.67. The van der Waals surface area contributed by atoms with Crippen LogP contribution in [0.2, 0.25) is 0 Å². The summed E-state index contributed by atoms with van der Waals surface area (Å²) < 4.78 is 0. The van der Waals surface area contributed by atoms with Crippen molar-refractivity contribution >= 4 is 5.91 Å². The second-order valence-corrected chi connectivity index (χ2v) is 6.63. The van der Waals surface area contributed by atoms with Gasteiger partial charge in [-0.2, -0.15) is 0 Å². The number of nitrogens with zero attached hydrogens (tertiary/aromatic N) is 1. The Bertz CT molecular complexity index is 246. The Labute approximate surface area is 119 Å². The van der Waals surface area contributed by atoms with Crippen molar-refractivity contribution in [2.24, 2.45) is 5.41 Å². The monoisotopic (exact) mass is 271 g/mol. The molecule has 0 rings (SSSR count). The smallest absolute Gasteiger partial charge is 0.225 e. The maximum absolute atomic E-state index is 11.7. The lowest BCUT2D eigenvalue weighted by Crippen LogP contribution is -2.36. The van der Waals surface area contributed by atoms with Crippen LogP contribution in [0.4, 0.5) is 0 Å². The lowest BCUT2D eigenvalue weighted by atomic mass is 9.96. The standard InChI is InChI=1S/C15H33N3O/c1-13(2)16-9-7-11-18(6)12-8-10-17-14(19)15(3,4)5/h13,16H,7-12H2,1-6H3,(H,17,19). The zero-order chi connectivity index (χ0) is 14.9. The third-order valence-electron chi connectivity index (χ3n) is 2.95. The van der Waals surface area contributed by atoms with Gasteiger partial charge in [0.1, 0.15) is 0 Å². The third kappa shape index (κ3) is 11.0. The van der Waals surface area contributed by atoms with E-state index in [1.165, 1.54) is 6.42 Å². The molecule has 0 unspecified atom stereocenters. The predicted octanol–water partition coefficient (Wildman–Crippen LogP) is 1.86. The van der Waals surface area contributed by atoms with Crippen molar-refractivity contribution in [3.05, 3.63) is 0 Å². The molecule has 0 aliphatic carbocycles. The first kappa shape index (κ1) is 18.4. The largest absolute Gasteiger partial charge is 0.356 e. The fourth-order valence-corrected chi connectivity index (χ4v) is 1.67. The highest BCUT2D eigenvalue weighted by molar-refractivity contribution is 5.81. The lowest BCUT2D eigenvalue weighted by Gasteiger charge is -2.20. The van der Waals surface area contributed by atoms with Crippen LogP contribution in [0.1, 0.15) is 47.5 Å². The van der Waals surface area contributed by atoms with Crippen LogP contribution in [0.25, 0.3) is 0 Å². The molecule has 0 radical (unpaired) electrons. The minimum atomic E-state index is -0.283. The molecule has 1 amide bonds. The van der Waals surface area contributed by atoms with E-state index >= 15 is 0 Å². The van der Waals surface area contributed by atoms with Gasteiger partial charge in [0.2, 0.25) is 5.91 Å². The predicted molar refractivity (Wildman–Crippen MR) is 82.3 cm³/mol. The van der Waals surface area contributed by atoms with Gasteiger partial charge in [-0.15, -0.1) is 0 Å². The van der Waals surface area contributed by atoms with E-state index in [0.29, 0.717) is 6.04 Å². The van der Waals surface area contributed by atoms with E-state index in [1.807, 2.05) is 20.8 Å². The van der Waals surface area contributed by atoms with Crippen LogP contribution in [0, 0.1) is 5.41 Å². The van der Waals surface area contributed by atoms with Gasteiger partial charge in [0.05, 0.1) is 0 Å². The summed E-state index contributed by atoms with van der Waals surface area (Å²) in [6.07, 6.45) is 2.18. The minimum Gasteiger partial charge on any atom is -0.356 e. The summed E-state index contributed by atoms with van der Waals surface area (Å²) in [6.45, 7) is 14.1. The van der Waals surface area contributed by atoms with E-state index in [9.17, 15) is 4.79 Å². The maximum atomic E-state index is 11.7. The Morgan fingerprint density at radius 3 is 2.11 bits per heavy atom. The molecule has 2 N–H and O–H groups in total. The van der Waals surface area contributed by atoms with Gasteiger partial charge in [-0.1, -0.05) is 34.6 Å². The van der Waals surface area contributed by atoms with Crippen molar-refractivity contribution in [2.45, 2.75) is 53.5 Å². The fraction of sp³-hybridized carbons (Fsp3) is 0.933. The molecular weight excluding hydrogens is 238 g/mol. The van der Waals surface area contributed by atoms with Gasteiger partial charge >= 0.3 is 0 Å². The van der Waals surface area contributed by atoms with E-state index in [2.05, 4.69) is 36.4 Å². The molecule has 19 heavy (non-hydrogen) atoms. The van der Waals surface area contributed by atoms with Crippen LogP contribution in [0.15, 0.2) is 0 Å². The molecule has 0 saturated heterocycles. The van der Waals surface area contributed by atoms with Gasteiger partial charge < -0.3 is 15.5 Å². The number of hydrogen-bond donors (Lipinski definition) is 2. The zero-order valence-corrected chi connectivity index (χ0v) is 13.7. The van der Waals surface area contributed by atoms with Gasteiger partial charge in [-0.25, -0.2) is 0 Å². The van der Waals surface area contributed by atoms with Gasteiger partial charge in [-0.3, -0.25) is 4.79 Å². The molecule has 4 heteroatoms. The Balaban J connectivity index is 3.48. The summed E-state index contributed by atoms with van der Waals surface area (Å²) in [5.41, 5.74) is -0.283. The van der Waals surface area contributed by atoms with Gasteiger partial charge in [0, 0.05) is 18.0 Å². The van der Waals surface area contributed by atoms with Crippen molar-refractivity contribution < 1.29 is 4.79 Å². The number of rotatable bonds is 9. The summed E-state index contributed by atoms with van der Waals surface area (Å²) in [7, 11) is 2.14. The van der Waals surface area contributed by atoms with Crippen molar-refractivity contribution in [3.63, 3.8) is 0 Å². The molecule has 0 fully saturated rings. The average molecular weight is 271 g/mol. The van der Waals surface area contributed by atoms with Gasteiger partial charge in [0.15, 0.2) is 0 Å². The molecule has 0 aromatic carbocycles. The third-order valence-corrected chi connectivity index (χ3v) is 2.95. The SMILES string of the molecule is CC(C)NCCCN(C)CCCNC(=O)C(C)(C)C. The van der Waals surface area contributed by atoms with Crippen molar-refractivity contribution in [1.82, 2.24) is 15.5 Å². The van der Waals surface area contributed by atoms with E-state index in [4.69, 9.17) is 0 Å². The number of hydrogen-bond acceptors (Lipinski definition) is 3. The molecule has 0 aliphatic heterocycles. The first-order valence-corrected chi connectivity index (χ1v) is 7.43. The highest BCUT2D eigenvalue weighted by atomic mass is 16.2. The Kier molecular flexibility index (Phi) is 9.02. The van der Waals surface area contributed by atoms with Crippen LogP contribution in [-0.2, 0) is 4.79 Å². The molecular formula is C15H33N3O. The minimum absolute atomic E-state index is 0.135. The van der Waals surface area contributed by atoms with Gasteiger partial charge in [0.25, 0.3) is 0 Å². The first-order valence-electron chi connectivity index (χ1n) is 7.43. The summed E-state index contributed by atoms with van der Waals surface area (Å²) >= 11 is 0. The molecule has 4 nitrogen and oxygen atoms in total. The van der Waals surface area contributed by atoms with Crippen molar-refractivity contribution in [3.8, 4) is 0 Å². The van der Waals surface area contributed by atoms with Crippen LogP contribution in [0.5, 0.6) is 0 Å². The molecule has 0 heterocycles. The number of carbonyl (C=O) groups is 1. The van der Waals surface area contributed by atoms with Crippen LogP contribution >= 0.6 is 0 Å². The lowest BCUT2D eigenvalue weighted by molar-refractivity contribution is -0.128. The summed E-state index contributed by atoms with van der Waals surface area (Å²) in [5.74, 6) is 0.135.